The van der Waals surface area contributed by atoms with Crippen LogP contribution in [0.3, 0.4) is 0 Å². The van der Waals surface area contributed by atoms with Crippen LogP contribution in [0.2, 0.25) is 0 Å². The van der Waals surface area contributed by atoms with Crippen LogP contribution in [0.5, 0.6) is 0 Å². The van der Waals surface area contributed by atoms with Gasteiger partial charge in [-0.25, -0.2) is 14.6 Å². The van der Waals surface area contributed by atoms with E-state index in [2.05, 4.69) is 15.7 Å². The quantitative estimate of drug-likeness (QED) is 0.319. The average Bonchev–Trinajstić information content (AvgIpc) is 2.28. The van der Waals surface area contributed by atoms with Gasteiger partial charge in [0.2, 0.25) is 5.96 Å². The maximum absolute atomic E-state index is 13.2. The molecule has 0 saturated carbocycles. The van der Waals surface area contributed by atoms with Gasteiger partial charge in [0.15, 0.2) is 0 Å². The molecule has 0 saturated heterocycles. The Bertz CT molecular complexity index is 379. The van der Waals surface area contributed by atoms with Crippen molar-refractivity contribution < 1.29 is 8.78 Å². The van der Waals surface area contributed by atoms with Crippen LogP contribution in [-0.2, 0) is 0 Å². The molecule has 0 fully saturated rings. The minimum Gasteiger partial charge on any atom is -0.323 e. The molecule has 0 spiro atoms. The Balaban J connectivity index is 2.81. The number of hydrogen-bond acceptors (Lipinski definition) is 2. The zero-order chi connectivity index (χ0) is 12.0. The zero-order valence-corrected chi connectivity index (χ0v) is 8.93. The van der Waals surface area contributed by atoms with Crippen LogP contribution < -0.4 is 16.6 Å². The molecular formula is C10H14F2N4. The number of benzene rings is 1. The zero-order valence-electron chi connectivity index (χ0n) is 8.93. The molecule has 0 aliphatic rings. The van der Waals surface area contributed by atoms with Gasteiger partial charge in [0.05, 0.1) is 5.69 Å². The Hall–Kier alpha value is -1.69. The molecule has 16 heavy (non-hydrogen) atoms. The van der Waals surface area contributed by atoms with Crippen molar-refractivity contribution in [2.75, 3.05) is 11.9 Å². The Labute approximate surface area is 92.5 Å². The van der Waals surface area contributed by atoms with Gasteiger partial charge in [-0.15, -0.1) is 0 Å². The summed E-state index contributed by atoms with van der Waals surface area (Å²) < 4.78 is 26.1. The lowest BCUT2D eigenvalue weighted by Gasteiger charge is -2.09. The Morgan fingerprint density at radius 2 is 2.19 bits per heavy atom. The summed E-state index contributed by atoms with van der Waals surface area (Å²) in [6, 6.07) is 3.11. The summed E-state index contributed by atoms with van der Waals surface area (Å²) in [5.41, 5.74) is 2.28. The van der Waals surface area contributed by atoms with Crippen molar-refractivity contribution in [2.45, 2.75) is 13.3 Å². The number of hydrogen-bond donors (Lipinski definition) is 3. The first kappa shape index (κ1) is 12.4. The molecule has 0 aliphatic carbocycles. The third kappa shape index (κ3) is 3.47. The van der Waals surface area contributed by atoms with E-state index in [9.17, 15) is 8.78 Å². The maximum Gasteiger partial charge on any atom is 0.210 e. The molecule has 88 valence electrons. The minimum absolute atomic E-state index is 0.00666. The molecule has 0 aliphatic heterocycles. The monoisotopic (exact) mass is 228 g/mol. The van der Waals surface area contributed by atoms with Crippen LogP contribution >= 0.6 is 0 Å². The van der Waals surface area contributed by atoms with E-state index >= 15 is 0 Å². The lowest BCUT2D eigenvalue weighted by Crippen LogP contribution is -2.36. The average molecular weight is 228 g/mol. The van der Waals surface area contributed by atoms with E-state index in [0.29, 0.717) is 6.54 Å². The molecule has 0 atom stereocenters. The summed E-state index contributed by atoms with van der Waals surface area (Å²) in [6.45, 7) is 2.49. The molecule has 4 N–H and O–H groups in total. The lowest BCUT2D eigenvalue weighted by atomic mass is 10.3. The Kier molecular flexibility index (Phi) is 4.65. The van der Waals surface area contributed by atoms with E-state index in [4.69, 9.17) is 5.84 Å². The molecule has 6 heteroatoms. The first-order valence-electron chi connectivity index (χ1n) is 4.90. The smallest absolute Gasteiger partial charge is 0.210 e. The molecular weight excluding hydrogens is 214 g/mol. The second-order valence-electron chi connectivity index (χ2n) is 3.12. The minimum atomic E-state index is -0.569. The molecule has 0 heterocycles. The molecule has 0 radical (unpaired) electrons. The third-order valence-electron chi connectivity index (χ3n) is 1.81. The fourth-order valence-electron chi connectivity index (χ4n) is 1.07. The van der Waals surface area contributed by atoms with Gasteiger partial charge >= 0.3 is 0 Å². The van der Waals surface area contributed by atoms with Crippen LogP contribution in [0, 0.1) is 11.6 Å². The van der Waals surface area contributed by atoms with Crippen LogP contribution in [0.4, 0.5) is 14.5 Å². The number of guanidine groups is 1. The highest BCUT2D eigenvalue weighted by molar-refractivity contribution is 5.93. The van der Waals surface area contributed by atoms with Crippen molar-refractivity contribution >= 4 is 11.6 Å². The highest BCUT2D eigenvalue weighted by atomic mass is 19.1. The molecule has 0 aromatic heterocycles. The van der Waals surface area contributed by atoms with Crippen LogP contribution in [0.1, 0.15) is 13.3 Å². The van der Waals surface area contributed by atoms with E-state index in [-0.39, 0.29) is 11.6 Å². The highest BCUT2D eigenvalue weighted by Crippen LogP contribution is 2.14. The molecule has 0 unspecified atom stereocenters. The molecule has 0 bridgehead atoms. The predicted octanol–water partition coefficient (Wildman–Crippen LogP) is 1.61. The van der Waals surface area contributed by atoms with E-state index in [0.717, 1.165) is 24.6 Å². The molecule has 1 aromatic rings. The number of halogens is 2. The maximum atomic E-state index is 13.2. The summed E-state index contributed by atoms with van der Waals surface area (Å²) in [4.78, 5) is 4.01. The molecule has 0 amide bonds. The second-order valence-corrected chi connectivity index (χ2v) is 3.12. The van der Waals surface area contributed by atoms with Gasteiger partial charge in [0.1, 0.15) is 11.6 Å². The number of nitrogens with zero attached hydrogens (tertiary/aromatic N) is 1. The van der Waals surface area contributed by atoms with Crippen LogP contribution in [0.25, 0.3) is 0 Å². The van der Waals surface area contributed by atoms with Gasteiger partial charge in [-0.1, -0.05) is 6.92 Å². The number of hydrazine groups is 1. The van der Waals surface area contributed by atoms with Crippen molar-refractivity contribution in [3.8, 4) is 0 Å². The van der Waals surface area contributed by atoms with Gasteiger partial charge < -0.3 is 5.32 Å². The van der Waals surface area contributed by atoms with E-state index in [1.165, 1.54) is 0 Å². The molecule has 1 rings (SSSR count). The van der Waals surface area contributed by atoms with Gasteiger partial charge in [0.25, 0.3) is 0 Å². The van der Waals surface area contributed by atoms with Crippen molar-refractivity contribution in [3.63, 3.8) is 0 Å². The van der Waals surface area contributed by atoms with Gasteiger partial charge in [-0.05, 0) is 18.6 Å². The van der Waals surface area contributed by atoms with Gasteiger partial charge in [-0.2, -0.15) is 0 Å². The molecule has 4 nitrogen and oxygen atoms in total. The van der Waals surface area contributed by atoms with E-state index in [1.807, 2.05) is 6.92 Å². The van der Waals surface area contributed by atoms with Crippen molar-refractivity contribution in [3.05, 3.63) is 29.8 Å². The first-order chi connectivity index (χ1) is 7.67. The number of nitrogens with two attached hydrogens (primary N) is 1. The topological polar surface area (TPSA) is 62.4 Å². The second kappa shape index (κ2) is 6.02. The van der Waals surface area contributed by atoms with E-state index in [1.54, 1.807) is 0 Å². The summed E-state index contributed by atoms with van der Waals surface area (Å²) in [7, 11) is 0. The standard InChI is InChI=1S/C10H14F2N4/c1-2-5-14-10(16-13)15-9-6-7(11)3-4-8(9)12/h3-4,6H,2,5,13H2,1H3,(H2,14,15,16). The highest BCUT2D eigenvalue weighted by Gasteiger charge is 2.05. The number of aliphatic imine (C=N–C) groups is 1. The number of nitrogens with one attached hydrogen (secondary N) is 2. The van der Waals surface area contributed by atoms with Crippen molar-refractivity contribution in [2.24, 2.45) is 10.8 Å². The van der Waals surface area contributed by atoms with E-state index < -0.39 is 11.6 Å². The largest absolute Gasteiger partial charge is 0.323 e. The Morgan fingerprint density at radius 3 is 2.81 bits per heavy atom. The van der Waals surface area contributed by atoms with Crippen molar-refractivity contribution in [1.29, 1.82) is 0 Å². The predicted molar refractivity (Wildman–Crippen MR) is 59.9 cm³/mol. The van der Waals surface area contributed by atoms with Gasteiger partial charge in [0, 0.05) is 12.6 Å². The fraction of sp³-hybridized carbons (Fsp3) is 0.300. The van der Waals surface area contributed by atoms with Crippen LogP contribution in [-0.4, -0.2) is 12.5 Å². The molecule has 1 aromatic carbocycles. The van der Waals surface area contributed by atoms with Crippen LogP contribution in [0.15, 0.2) is 23.2 Å². The summed E-state index contributed by atoms with van der Waals surface area (Å²) >= 11 is 0. The normalized spacial score (nSPS) is 11.4. The number of anilines is 1. The van der Waals surface area contributed by atoms with Gasteiger partial charge in [-0.3, -0.25) is 10.4 Å². The summed E-state index contributed by atoms with van der Waals surface area (Å²) in [5.74, 6) is 4.29. The Morgan fingerprint density at radius 1 is 1.44 bits per heavy atom. The first-order valence-corrected chi connectivity index (χ1v) is 4.90. The van der Waals surface area contributed by atoms with Crippen molar-refractivity contribution in [1.82, 2.24) is 5.43 Å². The summed E-state index contributed by atoms with van der Waals surface area (Å²) in [5, 5.41) is 2.57. The third-order valence-corrected chi connectivity index (χ3v) is 1.81. The SMILES string of the molecule is CCCN=C(NN)Nc1cc(F)ccc1F. The number of rotatable bonds is 3. The fourth-order valence-corrected chi connectivity index (χ4v) is 1.07. The summed E-state index contributed by atoms with van der Waals surface area (Å²) in [6.07, 6.45) is 0.832. The lowest BCUT2D eigenvalue weighted by molar-refractivity contribution is 0.603.